The monoisotopic (exact) mass is 338 g/mol. The van der Waals surface area contributed by atoms with Gasteiger partial charge in [-0.05, 0) is 26.7 Å². The van der Waals surface area contributed by atoms with Crippen LogP contribution in [0, 0.1) is 17.3 Å². The lowest BCUT2D eigenvalue weighted by molar-refractivity contribution is -0.302. The molecule has 2 aliphatic heterocycles. The fourth-order valence-corrected chi connectivity index (χ4v) is 4.22. The zero-order valence-electron chi connectivity index (χ0n) is 14.5. The molecular formula is C18H26O6. The molecule has 1 saturated carbocycles. The van der Waals surface area contributed by atoms with E-state index in [9.17, 15) is 4.79 Å². The molecule has 0 atom stereocenters. The Morgan fingerprint density at radius 2 is 1.58 bits per heavy atom. The second-order valence-corrected chi connectivity index (χ2v) is 6.61. The van der Waals surface area contributed by atoms with Gasteiger partial charge in [0.2, 0.25) is 0 Å². The predicted octanol–water partition coefficient (Wildman–Crippen LogP) is 2.01. The fraction of sp³-hybridized carbons (Fsp3) is 0.833. The minimum atomic E-state index is -0.633. The third-order valence-electron chi connectivity index (χ3n) is 5.42. The van der Waals surface area contributed by atoms with Crippen LogP contribution in [-0.4, -0.2) is 50.6 Å². The first-order valence-electron chi connectivity index (χ1n) is 8.79. The lowest BCUT2D eigenvalue weighted by atomic mass is 9.75. The van der Waals surface area contributed by atoms with E-state index in [2.05, 4.69) is 18.8 Å². The van der Waals surface area contributed by atoms with E-state index in [0.717, 1.165) is 25.7 Å². The van der Waals surface area contributed by atoms with Gasteiger partial charge in [0.1, 0.15) is 0 Å². The molecule has 0 bridgehead atoms. The first kappa shape index (κ1) is 17.7. The normalized spacial score (nSPS) is 25.8. The Morgan fingerprint density at radius 1 is 1.04 bits per heavy atom. The molecule has 6 heteroatoms. The van der Waals surface area contributed by atoms with Crippen LogP contribution < -0.4 is 0 Å². The van der Waals surface area contributed by atoms with Gasteiger partial charge in [-0.25, -0.2) is 4.79 Å². The molecule has 2 saturated heterocycles. The summed E-state index contributed by atoms with van der Waals surface area (Å²) in [4.78, 5) is 11.3. The van der Waals surface area contributed by atoms with Crippen LogP contribution in [-0.2, 0) is 28.5 Å². The van der Waals surface area contributed by atoms with Crippen molar-refractivity contribution in [1.29, 1.82) is 0 Å². The van der Waals surface area contributed by atoms with E-state index >= 15 is 0 Å². The predicted molar refractivity (Wildman–Crippen MR) is 84.9 cm³/mol. The van der Waals surface area contributed by atoms with Crippen molar-refractivity contribution in [1.82, 2.24) is 0 Å². The Bertz CT molecular complexity index is 495. The van der Waals surface area contributed by atoms with Crippen LogP contribution in [0.15, 0.2) is 0 Å². The number of carbonyl (C=O) groups is 1. The van der Waals surface area contributed by atoms with Crippen LogP contribution in [0.4, 0.5) is 0 Å². The first-order valence-corrected chi connectivity index (χ1v) is 8.79. The van der Waals surface area contributed by atoms with Gasteiger partial charge in [-0.3, -0.25) is 0 Å². The molecule has 2 heterocycles. The van der Waals surface area contributed by atoms with Crippen LogP contribution >= 0.6 is 0 Å². The number of rotatable bonds is 4. The smallest absolute Gasteiger partial charge is 0.384 e. The number of hydrogen-bond donors (Lipinski definition) is 0. The van der Waals surface area contributed by atoms with Crippen LogP contribution in [0.3, 0.4) is 0 Å². The summed E-state index contributed by atoms with van der Waals surface area (Å²) in [6.07, 6.45) is 3.77. The maximum atomic E-state index is 11.3. The molecule has 2 spiro atoms. The summed E-state index contributed by atoms with van der Waals surface area (Å²) in [5.41, 5.74) is -0.390. The van der Waals surface area contributed by atoms with Crippen molar-refractivity contribution in [2.45, 2.75) is 57.5 Å². The average Bonchev–Trinajstić information content (AvgIpc) is 3.27. The Balaban J connectivity index is 1.66. The summed E-state index contributed by atoms with van der Waals surface area (Å²) < 4.78 is 29.0. The number of hydrogen-bond acceptors (Lipinski definition) is 6. The lowest BCUT2D eigenvalue weighted by Crippen LogP contribution is -2.55. The Morgan fingerprint density at radius 3 is 2.08 bits per heavy atom. The molecule has 6 nitrogen and oxygen atoms in total. The molecule has 1 aliphatic carbocycles. The summed E-state index contributed by atoms with van der Waals surface area (Å²) in [5, 5.41) is 0. The van der Waals surface area contributed by atoms with Crippen molar-refractivity contribution in [2.24, 2.45) is 5.41 Å². The minimum absolute atomic E-state index is 0.347. The van der Waals surface area contributed by atoms with E-state index in [0.29, 0.717) is 39.5 Å². The largest absolute Gasteiger partial charge is 0.456 e. The van der Waals surface area contributed by atoms with Crippen LogP contribution in [0.25, 0.3) is 0 Å². The molecule has 134 valence electrons. The fourth-order valence-electron chi connectivity index (χ4n) is 4.22. The molecular weight excluding hydrogens is 312 g/mol. The van der Waals surface area contributed by atoms with Gasteiger partial charge >= 0.3 is 5.97 Å². The maximum Gasteiger partial charge on any atom is 0.384 e. The molecule has 0 aromatic heterocycles. The molecule has 0 amide bonds. The van der Waals surface area contributed by atoms with E-state index < -0.39 is 23.0 Å². The summed E-state index contributed by atoms with van der Waals surface area (Å²) in [6.45, 7) is 6.67. The minimum Gasteiger partial charge on any atom is -0.456 e. The quantitative estimate of drug-likeness (QED) is 0.338. The third-order valence-corrected chi connectivity index (χ3v) is 5.42. The molecule has 0 unspecified atom stereocenters. The van der Waals surface area contributed by atoms with Crippen molar-refractivity contribution in [3.63, 3.8) is 0 Å². The molecule has 3 rings (SSSR count). The maximum absolute atomic E-state index is 11.3. The van der Waals surface area contributed by atoms with Crippen LogP contribution in [0.2, 0.25) is 0 Å². The topological polar surface area (TPSA) is 63.2 Å². The number of ether oxygens (including phenoxy) is 5. The summed E-state index contributed by atoms with van der Waals surface area (Å²) in [6, 6.07) is 0. The zero-order chi connectivity index (χ0) is 17.1. The standard InChI is InChI=1S/C18H26O6/c1-3-20-15(19)7-5-4-6-8-16(2)17(21-11-12-22-17)9-10-18(16)23-13-14-24-18/h3-4,6,8-14H2,1-2H3. The highest BCUT2D eigenvalue weighted by molar-refractivity contribution is 5.88. The van der Waals surface area contributed by atoms with Gasteiger partial charge < -0.3 is 23.7 Å². The summed E-state index contributed by atoms with van der Waals surface area (Å²) in [5.74, 6) is 3.65. The van der Waals surface area contributed by atoms with Crippen molar-refractivity contribution in [3.05, 3.63) is 0 Å². The van der Waals surface area contributed by atoms with Gasteiger partial charge in [0.25, 0.3) is 0 Å². The average molecular weight is 338 g/mol. The molecule has 0 aromatic rings. The Kier molecular flexibility index (Phi) is 5.16. The third kappa shape index (κ3) is 2.84. The van der Waals surface area contributed by atoms with Crippen LogP contribution in [0.1, 0.15) is 46.0 Å². The van der Waals surface area contributed by atoms with E-state index in [1.807, 2.05) is 0 Å². The molecule has 24 heavy (non-hydrogen) atoms. The summed E-state index contributed by atoms with van der Waals surface area (Å²) in [7, 11) is 0. The van der Waals surface area contributed by atoms with Crippen molar-refractivity contribution in [3.8, 4) is 11.8 Å². The van der Waals surface area contributed by atoms with Crippen LogP contribution in [0.5, 0.6) is 0 Å². The van der Waals surface area contributed by atoms with Gasteiger partial charge in [-0.15, -0.1) is 0 Å². The second-order valence-electron chi connectivity index (χ2n) is 6.61. The highest BCUT2D eigenvalue weighted by Crippen LogP contribution is 2.62. The molecule has 0 N–H and O–H groups in total. The Labute approximate surface area is 143 Å². The first-order chi connectivity index (χ1) is 11.6. The van der Waals surface area contributed by atoms with Crippen molar-refractivity contribution >= 4 is 5.97 Å². The molecule has 0 aromatic carbocycles. The van der Waals surface area contributed by atoms with Gasteiger partial charge in [0, 0.05) is 25.2 Å². The second kappa shape index (κ2) is 7.01. The van der Waals surface area contributed by atoms with Gasteiger partial charge in [-0.1, -0.05) is 5.92 Å². The van der Waals surface area contributed by atoms with Crippen molar-refractivity contribution < 1.29 is 28.5 Å². The highest BCUT2D eigenvalue weighted by Gasteiger charge is 2.70. The Hall–Kier alpha value is -1.13. The SMILES string of the molecule is CCOC(=O)C#CCCCC1(C)C2(CCC13OCCO3)OCCO2. The van der Waals surface area contributed by atoms with Gasteiger partial charge in [0.05, 0.1) is 38.4 Å². The number of esters is 1. The van der Waals surface area contributed by atoms with E-state index in [1.165, 1.54) is 0 Å². The lowest BCUT2D eigenvalue weighted by Gasteiger charge is -2.46. The van der Waals surface area contributed by atoms with Gasteiger partial charge in [0.15, 0.2) is 11.6 Å². The van der Waals surface area contributed by atoms with E-state index in [-0.39, 0.29) is 0 Å². The van der Waals surface area contributed by atoms with E-state index in [4.69, 9.17) is 23.7 Å². The summed E-state index contributed by atoms with van der Waals surface area (Å²) >= 11 is 0. The van der Waals surface area contributed by atoms with E-state index in [1.54, 1.807) is 6.92 Å². The molecule has 3 aliphatic rings. The number of carbonyl (C=O) groups excluding carboxylic acids is 1. The van der Waals surface area contributed by atoms with Crippen molar-refractivity contribution in [2.75, 3.05) is 33.0 Å². The van der Waals surface area contributed by atoms with Gasteiger partial charge in [-0.2, -0.15) is 0 Å². The molecule has 3 fully saturated rings. The zero-order valence-corrected chi connectivity index (χ0v) is 14.5. The number of unbranched alkanes of at least 4 members (excludes halogenated alkanes) is 1. The molecule has 0 radical (unpaired) electrons. The highest BCUT2D eigenvalue weighted by atomic mass is 16.8.